The molecule has 0 radical (unpaired) electrons. The van der Waals surface area contributed by atoms with Crippen molar-refractivity contribution in [3.8, 4) is 11.8 Å². The number of aromatic amines is 2. The van der Waals surface area contributed by atoms with Crippen molar-refractivity contribution in [3.05, 3.63) is 201 Å². The Bertz CT molecular complexity index is 6560. The fourth-order valence-electron chi connectivity index (χ4n) is 12.5. The van der Waals surface area contributed by atoms with Crippen molar-refractivity contribution < 1.29 is 70.0 Å². The molecule has 10 N–H and O–H groups in total. The molecule has 0 bridgehead atoms. The van der Waals surface area contributed by atoms with E-state index in [-0.39, 0.29) is 84.6 Å². The van der Waals surface area contributed by atoms with Crippen LogP contribution < -0.4 is 55.8 Å². The maximum Gasteiger partial charge on any atom is 1.00 e. The summed E-state index contributed by atoms with van der Waals surface area (Å²) in [5.41, 5.74) is 22.4. The van der Waals surface area contributed by atoms with Crippen molar-refractivity contribution >= 4 is 160 Å². The Balaban J connectivity index is 0.000000254. The number of nitrogen functional groups attached to an aromatic ring is 2. The van der Waals surface area contributed by atoms with Crippen LogP contribution in [0.2, 0.25) is 25.8 Å². The van der Waals surface area contributed by atoms with Crippen LogP contribution in [0.1, 0.15) is 250 Å². The quantitative estimate of drug-likeness (QED) is 0.0245. The standard InChI is InChI=1S/C20H26N4O.C19H25N5O.C13H19ClN4.C10H12ClN5O2.C9H11ClN4.C7H8O.C6H5ClN4.C5H4ClN5.C4H8O.C4H10O.C3H8O.Na.H/c1-5-15(4)11-17-22-19-18(21-13-24(19)14(2)3)20(23-17)25-12-16-9-7-6-8-10-16;1-5-14(4)21-19-22-17-16(20-12-24(17)13(2)3)18(23-19)25-11-15-9-7-6-8-10-15;1-5-9(4)6-10-16-12(14)11-13(17-10)18(7-15-11)8(2)3;1-10(2,3)18-9(17)16-4-13-5-6(11)14-8(12)15-7(5)16;1-5(2)14-4-11-7-8(10)12-6(3)13-9(7)14;8-6-7-4-2-1-3-5-7;1-3-10-5(7)4-6(11-3)9-2-8-4;6-3-2-4(9-1-8-2)11-5(7)10-3;1-2-4-5-3-1;1-3-4(2)5;1-3(2)4;;/h6-10,13-15H,5,11-12H2,1-4H3;6-10,12-14H,5,11H2,1-4H3,(H,21,22,23);7-9H,5-6H2,1-4H3;4H,1-3H3,(H2,12,14,15);4-5H,1-3H3;1-5,8H,6H2;2H,1H3,(H,8,9,10,11);1H,(H3,7,8,9,10,11);1-4H2;4-5H,3H2,1-2H3;3-4H,1-2H3;;/q;;;;;;;;;;;+1;-1. The molecular weight excluding hydrogens is 1960 g/mol. The number of rotatable bonds is 21. The number of hydrogen-bond donors (Lipinski definition) is 8. The van der Waals surface area contributed by atoms with Gasteiger partial charge in [0.15, 0.2) is 76.3 Å². The monoisotopic (exact) mass is 2100 g/mol. The molecule has 0 aliphatic carbocycles. The smallest absolute Gasteiger partial charge is 1.00 e. The Morgan fingerprint density at radius 3 is 1.26 bits per heavy atom. The van der Waals surface area contributed by atoms with E-state index < -0.39 is 11.7 Å². The minimum atomic E-state index is -0.615. The summed E-state index contributed by atoms with van der Waals surface area (Å²) in [4.78, 5) is 106. The van der Waals surface area contributed by atoms with E-state index in [1.165, 1.54) is 25.5 Å². The van der Waals surface area contributed by atoms with Gasteiger partial charge in [0, 0.05) is 62.4 Å². The number of nitrogens with zero attached hydrogens (tertiary/aromatic N) is 26. The summed E-state index contributed by atoms with van der Waals surface area (Å²) >= 11 is 29.5. The Hall–Kier alpha value is -11.7. The molecule has 1 aliphatic heterocycles. The number of fused-ring (bicyclic) bond motifs is 7. The Kier molecular flexibility index (Phi) is 49.6. The van der Waals surface area contributed by atoms with Gasteiger partial charge in [-0.25, -0.2) is 79.1 Å². The van der Waals surface area contributed by atoms with Crippen LogP contribution in [0.3, 0.4) is 0 Å². The first kappa shape index (κ1) is 120. The van der Waals surface area contributed by atoms with Crippen LogP contribution >= 0.6 is 58.0 Å². The first-order valence-corrected chi connectivity index (χ1v) is 49.7. The molecule has 0 saturated carbocycles. The molecule has 1 aliphatic rings. The van der Waals surface area contributed by atoms with Crippen LogP contribution in [-0.2, 0) is 42.1 Å². The Labute approximate surface area is 894 Å². The van der Waals surface area contributed by atoms with Crippen molar-refractivity contribution in [2.24, 2.45) is 11.8 Å². The zero-order valence-electron chi connectivity index (χ0n) is 88.1. The summed E-state index contributed by atoms with van der Waals surface area (Å²) in [6, 6.07) is 31.2. The average Bonchev–Trinajstić information content (AvgIpc) is 1.55. The third-order valence-corrected chi connectivity index (χ3v) is 22.2. The average molecular weight is 2100 g/mol. The SMILES string of the molecule is C1CCOC1.CC(C)(C)OC(=O)n1cnc2c(Cl)nc(N)nc21.CC(C)O.CCC(C)Cc1nc(Cl)c2ncn(C(C)C)c2n1.CCC(C)Cc1nc(OCc2ccccc2)c2ncn(C(C)C)c2n1.CCC(C)Nc1nc(OCc2ccccc2)c2ncn(C(C)C)c2n1.CCC(C)O.Cc1nc(Cl)c2[nH]cnc2n1.Cc1nc(Cl)c2ncn(C(C)C)c2n1.Nc1nc(Cl)c2[nH]cnc2n1.OCc1ccccc1.[H-].[Na+]. The number of H-pyrrole nitrogens is 2. The molecule has 1 saturated heterocycles. The topological polar surface area (TPSA) is 506 Å². The van der Waals surface area contributed by atoms with Crippen molar-refractivity contribution in [1.29, 1.82) is 0 Å². The molecule has 1 fully saturated rings. The summed E-state index contributed by atoms with van der Waals surface area (Å²) < 4.78 is 31.4. The van der Waals surface area contributed by atoms with Gasteiger partial charge < -0.3 is 80.7 Å². The van der Waals surface area contributed by atoms with Gasteiger partial charge in [0.2, 0.25) is 29.6 Å². The molecule has 0 amide bonds. The van der Waals surface area contributed by atoms with Gasteiger partial charge in [0.1, 0.15) is 76.0 Å². The summed E-state index contributed by atoms with van der Waals surface area (Å²) in [5.74, 6) is 5.81. The normalized spacial score (nSPS) is 12.3. The van der Waals surface area contributed by atoms with E-state index in [0.29, 0.717) is 138 Å². The second-order valence-corrected chi connectivity index (χ2v) is 37.8. The summed E-state index contributed by atoms with van der Waals surface area (Å²) in [6.45, 7) is 49.0. The fraction of sp³-hybridized carbons (Fsp3) is 0.460. The van der Waals surface area contributed by atoms with E-state index in [9.17, 15) is 4.79 Å². The first-order chi connectivity index (χ1) is 68.5. The summed E-state index contributed by atoms with van der Waals surface area (Å²) in [6.07, 6.45) is 18.9. The van der Waals surface area contributed by atoms with E-state index in [2.05, 4.69) is 216 Å². The van der Waals surface area contributed by atoms with Crippen LogP contribution in [-0.4, -0.2) is 196 Å². The largest absolute Gasteiger partial charge is 1.00 e. The summed E-state index contributed by atoms with van der Waals surface area (Å²) in [7, 11) is 0. The van der Waals surface area contributed by atoms with Gasteiger partial charge in [-0.15, -0.1) is 0 Å². The zero-order chi connectivity index (χ0) is 106. The number of aliphatic hydroxyl groups is 3. The van der Waals surface area contributed by atoms with E-state index in [1.807, 2.05) is 125 Å². The van der Waals surface area contributed by atoms with E-state index in [0.717, 1.165) is 113 Å². The molecule has 4 unspecified atom stereocenters. The molecular formula is C100H137Cl5N31NaO8. The van der Waals surface area contributed by atoms with Crippen LogP contribution in [0.5, 0.6) is 11.8 Å². The van der Waals surface area contributed by atoms with Crippen molar-refractivity contribution in [2.75, 3.05) is 30.0 Å². The van der Waals surface area contributed by atoms with Crippen molar-refractivity contribution in [3.63, 3.8) is 0 Å². The number of anilines is 3. The Morgan fingerprint density at radius 1 is 0.455 bits per heavy atom. The maximum atomic E-state index is 11.9. The van der Waals surface area contributed by atoms with Gasteiger partial charge in [-0.3, -0.25) is 0 Å². The van der Waals surface area contributed by atoms with Crippen LogP contribution in [0, 0.1) is 25.7 Å². The fourth-order valence-corrected chi connectivity index (χ4v) is 13.7. The number of aromatic nitrogens is 28. The molecule has 145 heavy (non-hydrogen) atoms. The molecule has 15 heterocycles. The third-order valence-electron chi connectivity index (χ3n) is 20.9. The number of ether oxygens (including phenoxy) is 4. The molecule has 3 aromatic carbocycles. The minimum absolute atomic E-state index is 0. The maximum absolute atomic E-state index is 11.9. The van der Waals surface area contributed by atoms with Crippen LogP contribution in [0.4, 0.5) is 22.6 Å². The first-order valence-electron chi connectivity index (χ1n) is 47.8. The number of carbonyl (C=O) groups excluding carboxylic acids is 1. The zero-order valence-corrected chi connectivity index (χ0v) is 92.9. The second-order valence-electron chi connectivity index (χ2n) is 36.0. The number of nitrogens with one attached hydrogen (secondary N) is 3. The van der Waals surface area contributed by atoms with Gasteiger partial charge in [0.05, 0.1) is 50.7 Å². The predicted octanol–water partition coefficient (Wildman–Crippen LogP) is 18.8. The number of halogens is 5. The minimum Gasteiger partial charge on any atom is -1.00 e. The molecule has 0 spiro atoms. The number of aliphatic hydroxyl groups excluding tert-OH is 3. The van der Waals surface area contributed by atoms with Crippen molar-refractivity contribution in [2.45, 2.75) is 278 Å². The van der Waals surface area contributed by atoms with Gasteiger partial charge >= 0.3 is 35.7 Å². The predicted molar refractivity (Wildman–Crippen MR) is 571 cm³/mol. The number of hydrogen-bond acceptors (Lipinski definition) is 32. The van der Waals surface area contributed by atoms with E-state index in [4.69, 9.17) is 109 Å². The Morgan fingerprint density at radius 2 is 0.828 bits per heavy atom. The van der Waals surface area contributed by atoms with Crippen LogP contribution in [0.25, 0.3) is 78.1 Å². The van der Waals surface area contributed by atoms with E-state index >= 15 is 0 Å². The number of nitrogens with two attached hydrogens (primary N) is 2. The van der Waals surface area contributed by atoms with Gasteiger partial charge in [0.25, 0.3) is 0 Å². The summed E-state index contributed by atoms with van der Waals surface area (Å²) in [5, 5.41) is 30.0. The molecule has 14 aromatic heterocycles. The van der Waals surface area contributed by atoms with E-state index in [1.54, 1.807) is 73.8 Å². The molecule has 776 valence electrons. The number of carbonyl (C=O) groups is 1. The molecule has 4 atom stereocenters. The van der Waals surface area contributed by atoms with Gasteiger partial charge in [-0.05, 0) is 172 Å². The van der Waals surface area contributed by atoms with Gasteiger partial charge in [-0.1, -0.05) is 203 Å². The second kappa shape index (κ2) is 59.8. The molecule has 39 nitrogen and oxygen atoms in total. The number of imidazole rings is 7. The molecule has 45 heteroatoms. The van der Waals surface area contributed by atoms with Gasteiger partial charge in [-0.2, -0.15) is 34.9 Å². The number of benzene rings is 3. The number of aryl methyl sites for hydroxylation is 2. The molecule has 18 rings (SSSR count). The van der Waals surface area contributed by atoms with Crippen molar-refractivity contribution in [1.82, 2.24) is 137 Å². The third kappa shape index (κ3) is 37.9. The van der Waals surface area contributed by atoms with Crippen LogP contribution in [0.15, 0.2) is 135 Å². The molecule has 17 aromatic rings.